The molecule has 0 unspecified atom stereocenters. The highest BCUT2D eigenvalue weighted by atomic mass is 32.2. The predicted octanol–water partition coefficient (Wildman–Crippen LogP) is 1.87. The van der Waals surface area contributed by atoms with Crippen molar-refractivity contribution in [3.8, 4) is 11.5 Å². The molecule has 0 saturated carbocycles. The van der Waals surface area contributed by atoms with Crippen LogP contribution in [0.2, 0.25) is 0 Å². The molecule has 0 aromatic heterocycles. The van der Waals surface area contributed by atoms with Gasteiger partial charge in [0, 0.05) is 12.3 Å². The molecule has 8 heteroatoms. The summed E-state index contributed by atoms with van der Waals surface area (Å²) in [5.41, 5.74) is 0.599. The number of aromatic hydroxyl groups is 1. The summed E-state index contributed by atoms with van der Waals surface area (Å²) in [7, 11) is -8.08. The van der Waals surface area contributed by atoms with Crippen molar-refractivity contribution in [1.82, 2.24) is 0 Å². The second kappa shape index (κ2) is 5.62. The van der Waals surface area contributed by atoms with Crippen LogP contribution >= 0.6 is 0 Å². The summed E-state index contributed by atoms with van der Waals surface area (Å²) in [6.45, 7) is 1.66. The van der Waals surface area contributed by atoms with Gasteiger partial charge in [-0.1, -0.05) is 12.1 Å². The van der Waals surface area contributed by atoms with E-state index in [1.807, 2.05) is 0 Å². The number of hydrogen-bond donors (Lipinski definition) is 1. The number of phenols is 1. The summed E-state index contributed by atoms with van der Waals surface area (Å²) in [6, 6.07) is 9.16. The van der Waals surface area contributed by atoms with Gasteiger partial charge in [-0.15, -0.1) is 0 Å². The molecule has 1 N–H and O–H groups in total. The average Bonchev–Trinajstić information content (AvgIpc) is 2.36. The summed E-state index contributed by atoms with van der Waals surface area (Å²) >= 11 is 0. The fourth-order valence-corrected chi connectivity index (χ4v) is 4.43. The maximum Gasteiger partial charge on any atom is 0.340 e. The Morgan fingerprint density at radius 3 is 2.09 bits per heavy atom. The molecule has 0 aliphatic carbocycles. The maximum absolute atomic E-state index is 12.3. The number of rotatable bonds is 4. The van der Waals surface area contributed by atoms with Crippen LogP contribution in [0.3, 0.4) is 0 Å². The van der Waals surface area contributed by atoms with Gasteiger partial charge in [-0.2, -0.15) is 8.42 Å². The molecule has 2 rings (SSSR count). The molecule has 22 heavy (non-hydrogen) atoms. The number of benzene rings is 2. The molecule has 0 saturated heterocycles. The lowest BCUT2D eigenvalue weighted by Gasteiger charge is -2.11. The van der Waals surface area contributed by atoms with Crippen LogP contribution in [0, 0.1) is 6.92 Å². The first kappa shape index (κ1) is 16.3. The highest BCUT2D eigenvalue weighted by Gasteiger charge is 2.25. The number of hydrogen-bond acceptors (Lipinski definition) is 6. The van der Waals surface area contributed by atoms with Crippen molar-refractivity contribution in [1.29, 1.82) is 0 Å². The first-order chi connectivity index (χ1) is 10.1. The number of phenolic OH excluding ortho intramolecular Hbond substituents is 1. The molecular formula is C14H14O6S2. The van der Waals surface area contributed by atoms with Crippen molar-refractivity contribution in [2.75, 3.05) is 6.26 Å². The van der Waals surface area contributed by atoms with Crippen LogP contribution in [-0.2, 0) is 20.0 Å². The van der Waals surface area contributed by atoms with E-state index < -0.39 is 24.9 Å². The lowest BCUT2D eigenvalue weighted by Crippen LogP contribution is -2.14. The third kappa shape index (κ3) is 3.58. The molecule has 0 radical (unpaired) electrons. The zero-order valence-electron chi connectivity index (χ0n) is 11.8. The normalized spacial score (nSPS) is 12.1. The van der Waals surface area contributed by atoms with Gasteiger partial charge in [0.2, 0.25) is 0 Å². The van der Waals surface area contributed by atoms with Crippen LogP contribution < -0.4 is 4.18 Å². The zero-order valence-corrected chi connectivity index (χ0v) is 13.5. The molecule has 0 amide bonds. The molecule has 0 aliphatic heterocycles. The maximum atomic E-state index is 12.3. The van der Waals surface area contributed by atoms with Crippen molar-refractivity contribution in [2.45, 2.75) is 16.7 Å². The van der Waals surface area contributed by atoms with Crippen LogP contribution in [0.5, 0.6) is 11.5 Å². The van der Waals surface area contributed by atoms with Gasteiger partial charge in [0.15, 0.2) is 9.84 Å². The molecule has 0 atom stereocenters. The molecule has 0 aliphatic rings. The molecule has 0 fully saturated rings. The van der Waals surface area contributed by atoms with Gasteiger partial charge in [0.05, 0.1) is 4.90 Å². The average molecular weight is 342 g/mol. The number of sulfone groups is 1. The van der Waals surface area contributed by atoms with Gasteiger partial charge in [0.25, 0.3) is 0 Å². The molecule has 2 aromatic carbocycles. The van der Waals surface area contributed by atoms with E-state index in [2.05, 4.69) is 0 Å². The predicted molar refractivity (Wildman–Crippen MR) is 80.2 cm³/mol. The van der Waals surface area contributed by atoms with Crippen LogP contribution in [0.4, 0.5) is 0 Å². The largest absolute Gasteiger partial charge is 0.508 e. The van der Waals surface area contributed by atoms with E-state index in [0.29, 0.717) is 5.56 Å². The quantitative estimate of drug-likeness (QED) is 0.852. The lowest BCUT2D eigenvalue weighted by molar-refractivity contribution is 0.462. The minimum Gasteiger partial charge on any atom is -0.508 e. The van der Waals surface area contributed by atoms with Crippen molar-refractivity contribution >= 4 is 20.0 Å². The third-order valence-corrected chi connectivity index (χ3v) is 5.35. The Morgan fingerprint density at radius 2 is 1.55 bits per heavy atom. The summed E-state index contributed by atoms with van der Waals surface area (Å²) in [4.78, 5) is -0.787. The molecular weight excluding hydrogens is 328 g/mol. The Balaban J connectivity index is 2.53. The van der Waals surface area contributed by atoms with Crippen LogP contribution in [0.15, 0.2) is 52.3 Å². The monoisotopic (exact) mass is 342 g/mol. The van der Waals surface area contributed by atoms with Crippen LogP contribution in [0.25, 0.3) is 0 Å². The molecule has 0 bridgehead atoms. The standard InChI is InChI=1S/C14H14O6S2/c1-10-7-11(15)9-12(8-10)20-22(18,19)14-6-4-3-5-13(14)21(2,16)17/h3-9,15H,1-2H3. The number of aryl methyl sites for hydroxylation is 1. The van der Waals surface area contributed by atoms with Crippen molar-refractivity contribution < 1.29 is 26.1 Å². The Bertz CT molecular complexity index is 894. The molecule has 118 valence electrons. The second-order valence-electron chi connectivity index (χ2n) is 4.76. The SMILES string of the molecule is Cc1cc(O)cc(OS(=O)(=O)c2ccccc2S(C)(=O)=O)c1. The Labute approximate surface area is 129 Å². The zero-order chi connectivity index (χ0) is 16.5. The van der Waals surface area contributed by atoms with Crippen molar-refractivity contribution in [3.05, 3.63) is 48.0 Å². The Hall–Kier alpha value is -2.06. The minimum atomic E-state index is -4.35. The topological polar surface area (TPSA) is 97.7 Å². The fourth-order valence-electron chi connectivity index (χ4n) is 1.91. The smallest absolute Gasteiger partial charge is 0.340 e. The van der Waals surface area contributed by atoms with E-state index in [9.17, 15) is 21.9 Å². The highest BCUT2D eigenvalue weighted by molar-refractivity contribution is 7.92. The van der Waals surface area contributed by atoms with Crippen LogP contribution in [-0.4, -0.2) is 28.2 Å². The van der Waals surface area contributed by atoms with Crippen molar-refractivity contribution in [2.24, 2.45) is 0 Å². The van der Waals surface area contributed by atoms with E-state index in [1.165, 1.54) is 30.3 Å². The lowest BCUT2D eigenvalue weighted by atomic mass is 10.2. The van der Waals surface area contributed by atoms with Crippen LogP contribution in [0.1, 0.15) is 5.56 Å². The van der Waals surface area contributed by atoms with E-state index in [0.717, 1.165) is 18.4 Å². The summed E-state index contributed by atoms with van der Waals surface area (Å²) in [6.07, 6.45) is 0.917. The molecule has 2 aromatic rings. The minimum absolute atomic E-state index is 0.0965. The van der Waals surface area contributed by atoms with Gasteiger partial charge in [-0.25, -0.2) is 8.42 Å². The Morgan fingerprint density at radius 1 is 0.955 bits per heavy atom. The highest BCUT2D eigenvalue weighted by Crippen LogP contribution is 2.27. The first-order valence-corrected chi connectivity index (χ1v) is 9.44. The molecule has 0 spiro atoms. The van der Waals surface area contributed by atoms with Gasteiger partial charge < -0.3 is 9.29 Å². The van der Waals surface area contributed by atoms with E-state index in [1.54, 1.807) is 6.92 Å². The van der Waals surface area contributed by atoms with Crippen molar-refractivity contribution in [3.63, 3.8) is 0 Å². The van der Waals surface area contributed by atoms with Gasteiger partial charge in [-0.3, -0.25) is 0 Å². The molecule has 6 nitrogen and oxygen atoms in total. The van der Waals surface area contributed by atoms with Gasteiger partial charge in [0.1, 0.15) is 16.4 Å². The summed E-state index contributed by atoms with van der Waals surface area (Å²) in [5, 5.41) is 9.47. The Kier molecular flexibility index (Phi) is 4.17. The molecule has 0 heterocycles. The third-order valence-electron chi connectivity index (χ3n) is 2.76. The van der Waals surface area contributed by atoms with E-state index >= 15 is 0 Å². The summed E-state index contributed by atoms with van der Waals surface area (Å²) < 4.78 is 53.0. The van der Waals surface area contributed by atoms with E-state index in [4.69, 9.17) is 4.18 Å². The fraction of sp³-hybridized carbons (Fsp3) is 0.143. The van der Waals surface area contributed by atoms with E-state index in [-0.39, 0.29) is 16.4 Å². The van der Waals surface area contributed by atoms with Gasteiger partial charge in [-0.05, 0) is 36.8 Å². The first-order valence-electron chi connectivity index (χ1n) is 6.14. The van der Waals surface area contributed by atoms with Gasteiger partial charge >= 0.3 is 10.1 Å². The second-order valence-corrected chi connectivity index (χ2v) is 8.26. The summed E-state index contributed by atoms with van der Waals surface area (Å²) in [5.74, 6) is -0.248.